The largest absolute Gasteiger partial charge is 0.506 e. The third kappa shape index (κ3) is 4.30. The van der Waals surface area contributed by atoms with Crippen LogP contribution in [0.4, 0.5) is 22.7 Å². The van der Waals surface area contributed by atoms with Gasteiger partial charge in [-0.1, -0.05) is 24.3 Å². The number of nitrogens with two attached hydrogens (primary N) is 2. The number of benzene rings is 3. The summed E-state index contributed by atoms with van der Waals surface area (Å²) in [6.45, 7) is 0.961. The van der Waals surface area contributed by atoms with Crippen LogP contribution in [0.15, 0.2) is 60.7 Å². The molecular weight excluding hydrogens is 328 g/mol. The second kappa shape index (κ2) is 7.57. The number of hydrogen-bond donors (Lipinski definition) is 6. The van der Waals surface area contributed by atoms with Crippen LogP contribution in [-0.4, -0.2) is 10.2 Å². The van der Waals surface area contributed by atoms with E-state index in [1.54, 1.807) is 0 Å². The highest BCUT2D eigenvalue weighted by Crippen LogP contribution is 2.35. The van der Waals surface area contributed by atoms with Gasteiger partial charge in [0.1, 0.15) is 11.5 Å². The van der Waals surface area contributed by atoms with Crippen LogP contribution >= 0.6 is 0 Å². The number of aromatic hydroxyl groups is 2. The van der Waals surface area contributed by atoms with E-state index in [0.29, 0.717) is 35.8 Å². The van der Waals surface area contributed by atoms with Gasteiger partial charge in [-0.25, -0.2) is 0 Å². The Labute approximate surface area is 152 Å². The van der Waals surface area contributed by atoms with Gasteiger partial charge in [0.05, 0.1) is 11.4 Å². The number of anilines is 4. The maximum atomic E-state index is 10.2. The number of phenolic OH excluding ortho intramolecular Hbond substituents is 2. The van der Waals surface area contributed by atoms with E-state index in [9.17, 15) is 10.2 Å². The average molecular weight is 350 g/mol. The minimum absolute atomic E-state index is 0.0433. The topological polar surface area (TPSA) is 117 Å². The van der Waals surface area contributed by atoms with E-state index < -0.39 is 0 Å². The van der Waals surface area contributed by atoms with E-state index >= 15 is 0 Å². The van der Waals surface area contributed by atoms with Crippen molar-refractivity contribution in [1.82, 2.24) is 0 Å². The highest BCUT2D eigenvalue weighted by Gasteiger charge is 2.09. The highest BCUT2D eigenvalue weighted by molar-refractivity contribution is 5.70. The zero-order valence-electron chi connectivity index (χ0n) is 14.2. The summed E-state index contributed by atoms with van der Waals surface area (Å²) in [5.74, 6) is 0.0866. The van der Waals surface area contributed by atoms with Crippen LogP contribution < -0.4 is 22.1 Å². The van der Waals surface area contributed by atoms with Crippen molar-refractivity contribution in [2.45, 2.75) is 13.1 Å². The smallest absolute Gasteiger partial charge is 0.141 e. The first-order valence-corrected chi connectivity index (χ1v) is 8.24. The molecule has 3 aromatic carbocycles. The Kier molecular flexibility index (Phi) is 5.03. The standard InChI is InChI=1S/C20H22N4O2/c21-15-5-1-3-13(7-15)11-23-17-9-20(26)18(10-19(17)25)24-12-14-4-2-6-16(22)8-14/h1-10,23-26H,11-12,21-22H2. The molecule has 0 heterocycles. The predicted molar refractivity (Wildman–Crippen MR) is 106 cm³/mol. The maximum absolute atomic E-state index is 10.2. The minimum atomic E-state index is 0.0433. The summed E-state index contributed by atoms with van der Waals surface area (Å²) in [7, 11) is 0. The average Bonchev–Trinajstić information content (AvgIpc) is 2.61. The summed E-state index contributed by atoms with van der Waals surface area (Å²) in [6, 6.07) is 17.9. The molecule has 0 bridgehead atoms. The van der Waals surface area contributed by atoms with Crippen molar-refractivity contribution in [3.8, 4) is 11.5 Å². The van der Waals surface area contributed by atoms with E-state index in [1.807, 2.05) is 48.5 Å². The zero-order chi connectivity index (χ0) is 18.5. The molecule has 3 rings (SSSR count). The Morgan fingerprint density at radius 1 is 0.654 bits per heavy atom. The first-order chi connectivity index (χ1) is 12.5. The predicted octanol–water partition coefficient (Wildman–Crippen LogP) is 3.49. The van der Waals surface area contributed by atoms with E-state index in [2.05, 4.69) is 10.6 Å². The Hall–Kier alpha value is -3.54. The molecule has 0 aliphatic heterocycles. The quantitative estimate of drug-likeness (QED) is 0.230. The molecule has 0 amide bonds. The summed E-state index contributed by atoms with van der Waals surface area (Å²) in [5, 5.41) is 26.7. The summed E-state index contributed by atoms with van der Waals surface area (Å²) < 4.78 is 0. The van der Waals surface area contributed by atoms with Crippen molar-refractivity contribution >= 4 is 22.7 Å². The lowest BCUT2D eigenvalue weighted by Gasteiger charge is -2.14. The molecule has 0 fully saturated rings. The van der Waals surface area contributed by atoms with Gasteiger partial charge in [0, 0.05) is 36.6 Å². The van der Waals surface area contributed by atoms with Crippen molar-refractivity contribution in [3.63, 3.8) is 0 Å². The number of nitrogen functional groups attached to an aromatic ring is 2. The second-order valence-electron chi connectivity index (χ2n) is 6.08. The van der Waals surface area contributed by atoms with Crippen LogP contribution in [0.1, 0.15) is 11.1 Å². The molecule has 6 nitrogen and oxygen atoms in total. The Bertz CT molecular complexity index is 837. The fourth-order valence-corrected chi connectivity index (χ4v) is 2.66. The molecule has 3 aromatic rings. The highest BCUT2D eigenvalue weighted by atomic mass is 16.3. The second-order valence-corrected chi connectivity index (χ2v) is 6.08. The lowest BCUT2D eigenvalue weighted by atomic mass is 10.1. The maximum Gasteiger partial charge on any atom is 0.141 e. The SMILES string of the molecule is Nc1cccc(CNc2cc(O)c(NCc3cccc(N)c3)cc2O)c1. The summed E-state index contributed by atoms with van der Waals surface area (Å²) >= 11 is 0. The molecule has 8 N–H and O–H groups in total. The first kappa shape index (κ1) is 17.3. The fraction of sp³-hybridized carbons (Fsp3) is 0.100. The van der Waals surface area contributed by atoms with E-state index in [1.165, 1.54) is 12.1 Å². The molecule has 0 aliphatic rings. The van der Waals surface area contributed by atoms with Gasteiger partial charge in [0.15, 0.2) is 0 Å². The van der Waals surface area contributed by atoms with Crippen LogP contribution in [0.5, 0.6) is 11.5 Å². The van der Waals surface area contributed by atoms with Gasteiger partial charge in [-0.05, 0) is 35.4 Å². The van der Waals surface area contributed by atoms with Gasteiger partial charge in [-0.15, -0.1) is 0 Å². The van der Waals surface area contributed by atoms with Crippen molar-refractivity contribution in [2.75, 3.05) is 22.1 Å². The summed E-state index contributed by atoms with van der Waals surface area (Å²) in [4.78, 5) is 0. The number of rotatable bonds is 6. The summed E-state index contributed by atoms with van der Waals surface area (Å²) in [5.41, 5.74) is 15.7. The number of nitrogens with one attached hydrogen (secondary N) is 2. The molecule has 0 aliphatic carbocycles. The van der Waals surface area contributed by atoms with Crippen molar-refractivity contribution in [1.29, 1.82) is 0 Å². The molecule has 0 radical (unpaired) electrons. The number of hydrogen-bond acceptors (Lipinski definition) is 6. The normalized spacial score (nSPS) is 10.5. The Balaban J connectivity index is 1.67. The molecule has 26 heavy (non-hydrogen) atoms. The van der Waals surface area contributed by atoms with Gasteiger partial charge >= 0.3 is 0 Å². The van der Waals surface area contributed by atoms with E-state index in [0.717, 1.165) is 11.1 Å². The van der Waals surface area contributed by atoms with Gasteiger partial charge in [-0.2, -0.15) is 0 Å². The first-order valence-electron chi connectivity index (χ1n) is 8.24. The van der Waals surface area contributed by atoms with Gasteiger partial charge < -0.3 is 32.3 Å². The van der Waals surface area contributed by atoms with Gasteiger partial charge in [0.2, 0.25) is 0 Å². The third-order valence-corrected chi connectivity index (χ3v) is 3.98. The monoisotopic (exact) mass is 350 g/mol. The number of phenols is 2. The third-order valence-electron chi connectivity index (χ3n) is 3.98. The van der Waals surface area contributed by atoms with Crippen LogP contribution in [0.2, 0.25) is 0 Å². The molecule has 0 aromatic heterocycles. The molecular formula is C20H22N4O2. The van der Waals surface area contributed by atoms with Crippen LogP contribution in [0.3, 0.4) is 0 Å². The van der Waals surface area contributed by atoms with Gasteiger partial charge in [-0.3, -0.25) is 0 Å². The Morgan fingerprint density at radius 2 is 1.08 bits per heavy atom. The summed E-state index contributed by atoms with van der Waals surface area (Å²) in [6.07, 6.45) is 0. The molecule has 0 spiro atoms. The zero-order valence-corrected chi connectivity index (χ0v) is 14.2. The lowest BCUT2D eigenvalue weighted by molar-refractivity contribution is 0.463. The molecule has 0 unspecified atom stereocenters. The van der Waals surface area contributed by atoms with Gasteiger partial charge in [0.25, 0.3) is 0 Å². The van der Waals surface area contributed by atoms with Crippen molar-refractivity contribution in [2.24, 2.45) is 0 Å². The van der Waals surface area contributed by atoms with E-state index in [4.69, 9.17) is 11.5 Å². The minimum Gasteiger partial charge on any atom is -0.506 e. The lowest BCUT2D eigenvalue weighted by Crippen LogP contribution is -2.03. The molecule has 6 heteroatoms. The fourth-order valence-electron chi connectivity index (χ4n) is 2.66. The Morgan fingerprint density at radius 3 is 1.46 bits per heavy atom. The van der Waals surface area contributed by atoms with Crippen molar-refractivity contribution < 1.29 is 10.2 Å². The van der Waals surface area contributed by atoms with Crippen LogP contribution in [-0.2, 0) is 13.1 Å². The molecule has 0 saturated heterocycles. The van der Waals surface area contributed by atoms with Crippen LogP contribution in [0.25, 0.3) is 0 Å². The van der Waals surface area contributed by atoms with Crippen LogP contribution in [0, 0.1) is 0 Å². The van der Waals surface area contributed by atoms with E-state index in [-0.39, 0.29) is 11.5 Å². The molecule has 0 atom stereocenters. The molecule has 134 valence electrons. The van der Waals surface area contributed by atoms with Crippen molar-refractivity contribution in [3.05, 3.63) is 71.8 Å². The molecule has 0 saturated carbocycles.